The van der Waals surface area contributed by atoms with Gasteiger partial charge in [0, 0.05) is 0 Å². The Morgan fingerprint density at radius 1 is 1.46 bits per heavy atom. The van der Waals surface area contributed by atoms with Gasteiger partial charge in [-0.15, -0.1) is 0 Å². The van der Waals surface area contributed by atoms with E-state index in [-0.39, 0.29) is 0 Å². The van der Waals surface area contributed by atoms with E-state index in [1.807, 2.05) is 12.2 Å². The van der Waals surface area contributed by atoms with Crippen LogP contribution in [0.4, 0.5) is 0 Å². The number of hydrogen-bond acceptors (Lipinski definition) is 3. The molecule has 0 spiro atoms. The van der Waals surface area contributed by atoms with Gasteiger partial charge in [0.05, 0.1) is 18.7 Å². The van der Waals surface area contributed by atoms with Crippen LogP contribution in [0.5, 0.6) is 0 Å². The van der Waals surface area contributed by atoms with Crippen LogP contribution >= 0.6 is 0 Å². The highest BCUT2D eigenvalue weighted by Crippen LogP contribution is 2.28. The zero-order chi connectivity index (χ0) is 9.10. The Labute approximate surface area is 77.9 Å². The Morgan fingerprint density at radius 2 is 2.38 bits per heavy atom. The molecule has 3 nitrogen and oxygen atoms in total. The van der Waals surface area contributed by atoms with Crippen LogP contribution < -0.4 is 0 Å². The lowest BCUT2D eigenvalue weighted by Gasteiger charge is -2.21. The van der Waals surface area contributed by atoms with Crippen molar-refractivity contribution in [2.24, 2.45) is 0 Å². The number of nitrogens with zero attached hydrogens (tertiary/aromatic N) is 1. The van der Waals surface area contributed by atoms with E-state index in [9.17, 15) is 0 Å². The summed E-state index contributed by atoms with van der Waals surface area (Å²) in [7, 11) is 1.64. The van der Waals surface area contributed by atoms with Gasteiger partial charge in [0.15, 0.2) is 6.73 Å². The molecule has 0 aromatic heterocycles. The van der Waals surface area contributed by atoms with E-state index in [1.54, 1.807) is 18.4 Å². The van der Waals surface area contributed by atoms with E-state index < -0.39 is 0 Å². The van der Waals surface area contributed by atoms with Crippen LogP contribution in [0.3, 0.4) is 0 Å². The van der Waals surface area contributed by atoms with E-state index in [0.29, 0.717) is 6.73 Å². The minimum Gasteiger partial charge on any atom is -0.477 e. The second kappa shape index (κ2) is 3.66. The number of rotatable bonds is 2. The maximum absolute atomic E-state index is 5.17. The molecule has 3 heteroatoms. The van der Waals surface area contributed by atoms with Crippen LogP contribution in [0, 0.1) is 5.92 Å². The van der Waals surface area contributed by atoms with Crippen LogP contribution in [0.2, 0.25) is 0 Å². The molecule has 2 rings (SSSR count). The van der Waals surface area contributed by atoms with Crippen LogP contribution in [-0.2, 0) is 9.57 Å². The third-order valence-electron chi connectivity index (χ3n) is 2.09. The van der Waals surface area contributed by atoms with Crippen molar-refractivity contribution in [1.29, 1.82) is 0 Å². The molecule has 0 saturated carbocycles. The summed E-state index contributed by atoms with van der Waals surface area (Å²) in [5, 5.41) is 1.73. The summed E-state index contributed by atoms with van der Waals surface area (Å²) in [6.07, 6.45) is 10.9. The van der Waals surface area contributed by atoms with E-state index in [0.717, 1.165) is 12.1 Å². The number of hydroxylamine groups is 2. The summed E-state index contributed by atoms with van der Waals surface area (Å²) in [6.45, 7) is 0.479. The van der Waals surface area contributed by atoms with Crippen molar-refractivity contribution >= 4 is 0 Å². The molecule has 0 fully saturated rings. The molecule has 0 aromatic rings. The Hall–Kier alpha value is -1.22. The lowest BCUT2D eigenvalue weighted by atomic mass is 9.98. The molecule has 0 saturated heterocycles. The van der Waals surface area contributed by atoms with E-state index >= 15 is 0 Å². The zero-order valence-corrected chi connectivity index (χ0v) is 7.56. The predicted octanol–water partition coefficient (Wildman–Crippen LogP) is 1.77. The zero-order valence-electron chi connectivity index (χ0n) is 7.56. The molecule has 0 atom stereocenters. The summed E-state index contributed by atoms with van der Waals surface area (Å²) >= 11 is 0. The van der Waals surface area contributed by atoms with Crippen molar-refractivity contribution in [3.63, 3.8) is 0 Å². The number of hydrogen-bond donors (Lipinski definition) is 0. The van der Waals surface area contributed by atoms with E-state index in [4.69, 9.17) is 9.57 Å². The summed E-state index contributed by atoms with van der Waals surface area (Å²) in [5.41, 5.74) is 1.02. The summed E-state index contributed by atoms with van der Waals surface area (Å²) < 4.78 is 5.17. The normalized spacial score (nSPS) is 21.9. The Morgan fingerprint density at radius 3 is 3.08 bits per heavy atom. The van der Waals surface area contributed by atoms with Gasteiger partial charge in [-0.05, 0) is 6.42 Å². The molecule has 1 aliphatic carbocycles. The molecular weight excluding hydrogens is 166 g/mol. The highest BCUT2D eigenvalue weighted by molar-refractivity contribution is 5.37. The van der Waals surface area contributed by atoms with Crippen molar-refractivity contribution in [2.45, 2.75) is 6.42 Å². The highest BCUT2D eigenvalue weighted by atomic mass is 16.7. The first-order valence-corrected chi connectivity index (χ1v) is 4.24. The lowest BCUT2D eigenvalue weighted by molar-refractivity contribution is -0.126. The molecule has 69 valence electrons. The van der Waals surface area contributed by atoms with E-state index in [1.165, 1.54) is 5.92 Å². The number of allylic oxidation sites excluding steroid dienone is 4. The second-order valence-corrected chi connectivity index (χ2v) is 2.88. The van der Waals surface area contributed by atoms with Crippen LogP contribution in [0.25, 0.3) is 0 Å². The summed E-state index contributed by atoms with van der Waals surface area (Å²) in [5.74, 6) is 1.22. The third-order valence-corrected chi connectivity index (χ3v) is 2.09. The molecular formula is C10H12NO2. The van der Waals surface area contributed by atoms with Gasteiger partial charge in [0.1, 0.15) is 6.26 Å². The first-order chi connectivity index (χ1) is 6.42. The largest absolute Gasteiger partial charge is 0.477 e. The van der Waals surface area contributed by atoms with Crippen molar-refractivity contribution < 1.29 is 9.57 Å². The SMILES string of the molecule is CON1COC=C1[C]1C=CC=CC1. The maximum atomic E-state index is 5.17. The highest BCUT2D eigenvalue weighted by Gasteiger charge is 2.23. The first-order valence-electron chi connectivity index (χ1n) is 4.24. The van der Waals surface area contributed by atoms with Crippen LogP contribution in [0.1, 0.15) is 6.42 Å². The molecule has 2 aliphatic rings. The van der Waals surface area contributed by atoms with Gasteiger partial charge in [0.25, 0.3) is 0 Å². The average Bonchev–Trinajstić information content (AvgIpc) is 2.67. The average molecular weight is 178 g/mol. The van der Waals surface area contributed by atoms with Gasteiger partial charge in [-0.2, -0.15) is 0 Å². The van der Waals surface area contributed by atoms with Crippen LogP contribution in [-0.4, -0.2) is 18.9 Å². The molecule has 1 aliphatic heterocycles. The minimum absolute atomic E-state index is 0.479. The van der Waals surface area contributed by atoms with Crippen molar-refractivity contribution in [1.82, 2.24) is 5.06 Å². The Kier molecular flexibility index (Phi) is 2.36. The van der Waals surface area contributed by atoms with Crippen molar-refractivity contribution in [3.05, 3.63) is 42.2 Å². The van der Waals surface area contributed by atoms with Crippen molar-refractivity contribution in [3.8, 4) is 0 Å². The fraction of sp³-hybridized carbons (Fsp3) is 0.300. The molecule has 0 aromatic carbocycles. The summed E-state index contributed by atoms with van der Waals surface area (Å²) in [4.78, 5) is 5.14. The fourth-order valence-corrected chi connectivity index (χ4v) is 1.40. The molecule has 0 bridgehead atoms. The molecule has 0 N–H and O–H groups in total. The minimum atomic E-state index is 0.479. The topological polar surface area (TPSA) is 21.7 Å². The second-order valence-electron chi connectivity index (χ2n) is 2.88. The van der Waals surface area contributed by atoms with Gasteiger partial charge >= 0.3 is 0 Å². The lowest BCUT2D eigenvalue weighted by Crippen LogP contribution is -2.22. The molecule has 1 heterocycles. The van der Waals surface area contributed by atoms with Crippen LogP contribution in [0.15, 0.2) is 36.3 Å². The molecule has 13 heavy (non-hydrogen) atoms. The number of ether oxygens (including phenoxy) is 1. The van der Waals surface area contributed by atoms with E-state index in [2.05, 4.69) is 12.2 Å². The van der Waals surface area contributed by atoms with Gasteiger partial charge < -0.3 is 4.74 Å². The fourth-order valence-electron chi connectivity index (χ4n) is 1.40. The quantitative estimate of drug-likeness (QED) is 0.643. The molecule has 0 amide bonds. The van der Waals surface area contributed by atoms with Crippen molar-refractivity contribution in [2.75, 3.05) is 13.8 Å². The molecule has 1 radical (unpaired) electrons. The standard InChI is InChI=1S/C10H12NO2/c1-12-11-8-13-7-10(11)9-5-3-2-4-6-9/h2-5,7H,6,8H2,1H3. The van der Waals surface area contributed by atoms with Gasteiger partial charge in [-0.25, -0.2) is 5.06 Å². The Balaban J connectivity index is 2.07. The molecule has 0 unspecified atom stereocenters. The van der Waals surface area contributed by atoms with Gasteiger partial charge in [-0.1, -0.05) is 24.3 Å². The first kappa shape index (κ1) is 8.38. The van der Waals surface area contributed by atoms with Gasteiger partial charge in [0.2, 0.25) is 0 Å². The Bertz CT molecular complexity index is 268. The monoisotopic (exact) mass is 178 g/mol. The predicted molar refractivity (Wildman–Crippen MR) is 49.0 cm³/mol. The van der Waals surface area contributed by atoms with Gasteiger partial charge in [-0.3, -0.25) is 4.84 Å². The summed E-state index contributed by atoms with van der Waals surface area (Å²) in [6, 6.07) is 0. The third kappa shape index (κ3) is 1.60. The maximum Gasteiger partial charge on any atom is 0.184 e. The smallest absolute Gasteiger partial charge is 0.184 e.